The number of carbonyl (C=O) groups is 1. The van der Waals surface area contributed by atoms with E-state index >= 15 is 0 Å². The van der Waals surface area contributed by atoms with Crippen LogP contribution in [-0.4, -0.2) is 32.1 Å². The molecule has 1 amide bonds. The second-order valence-electron chi connectivity index (χ2n) is 6.62. The number of nitrogens with zero attached hydrogens (tertiary/aromatic N) is 1. The highest BCUT2D eigenvalue weighted by molar-refractivity contribution is 6.33. The molecule has 0 saturated heterocycles. The lowest BCUT2D eigenvalue weighted by molar-refractivity contribution is -0.116. The standard InChI is InChI=1S/C21H25ClF2N4O2/c1-13-5-7-18(30-20(23)24)15(10-13)12-27-21(25-3)26-9-8-19(29)28-17-6-4-14(2)11-16(17)22/h4-7,10-11,20H,8-9,12H2,1-3H3,(H,28,29)(H2,25,26,27). The number of carbonyl (C=O) groups excluding carboxylic acids is 1. The Morgan fingerprint density at radius 2 is 1.83 bits per heavy atom. The highest BCUT2D eigenvalue weighted by Crippen LogP contribution is 2.23. The van der Waals surface area contributed by atoms with Gasteiger partial charge in [-0.3, -0.25) is 9.79 Å². The fraction of sp³-hybridized carbons (Fsp3) is 0.333. The lowest BCUT2D eigenvalue weighted by Crippen LogP contribution is -2.38. The number of hydrogen-bond donors (Lipinski definition) is 3. The number of benzene rings is 2. The Morgan fingerprint density at radius 3 is 2.50 bits per heavy atom. The average molecular weight is 439 g/mol. The fourth-order valence-corrected chi connectivity index (χ4v) is 2.97. The van der Waals surface area contributed by atoms with Gasteiger partial charge in [0.2, 0.25) is 5.91 Å². The minimum Gasteiger partial charge on any atom is -0.434 e. The fourth-order valence-electron chi connectivity index (χ4n) is 2.69. The molecule has 0 saturated carbocycles. The number of aryl methyl sites for hydroxylation is 2. The first-order valence-corrected chi connectivity index (χ1v) is 9.71. The van der Waals surface area contributed by atoms with Gasteiger partial charge in [0.15, 0.2) is 5.96 Å². The zero-order valence-electron chi connectivity index (χ0n) is 17.1. The maximum absolute atomic E-state index is 12.6. The molecule has 0 heterocycles. The van der Waals surface area contributed by atoms with Crippen molar-refractivity contribution in [3.63, 3.8) is 0 Å². The van der Waals surface area contributed by atoms with Crippen molar-refractivity contribution in [3.8, 4) is 5.75 Å². The number of anilines is 1. The molecule has 0 atom stereocenters. The van der Waals surface area contributed by atoms with Gasteiger partial charge < -0.3 is 20.7 Å². The first kappa shape index (κ1) is 23.4. The molecule has 6 nitrogen and oxygen atoms in total. The third-order valence-corrected chi connectivity index (χ3v) is 4.46. The van der Waals surface area contributed by atoms with Crippen molar-refractivity contribution >= 4 is 29.2 Å². The Balaban J connectivity index is 1.84. The lowest BCUT2D eigenvalue weighted by atomic mass is 10.1. The summed E-state index contributed by atoms with van der Waals surface area (Å²) in [4.78, 5) is 16.2. The summed E-state index contributed by atoms with van der Waals surface area (Å²) < 4.78 is 29.7. The van der Waals surface area contributed by atoms with Crippen LogP contribution in [-0.2, 0) is 11.3 Å². The van der Waals surface area contributed by atoms with E-state index in [1.807, 2.05) is 19.9 Å². The van der Waals surface area contributed by atoms with E-state index in [2.05, 4.69) is 25.7 Å². The molecule has 0 unspecified atom stereocenters. The quantitative estimate of drug-likeness (QED) is 0.425. The number of ether oxygens (including phenoxy) is 1. The summed E-state index contributed by atoms with van der Waals surface area (Å²) in [5.74, 6) is 0.337. The molecule has 0 spiro atoms. The van der Waals surface area contributed by atoms with Crippen LogP contribution in [0.4, 0.5) is 14.5 Å². The van der Waals surface area contributed by atoms with Crippen molar-refractivity contribution in [1.29, 1.82) is 0 Å². The number of amides is 1. The Morgan fingerprint density at radius 1 is 1.13 bits per heavy atom. The van der Waals surface area contributed by atoms with Gasteiger partial charge in [0, 0.05) is 32.1 Å². The van der Waals surface area contributed by atoms with Gasteiger partial charge in [-0.1, -0.05) is 35.4 Å². The van der Waals surface area contributed by atoms with Gasteiger partial charge in [0.05, 0.1) is 10.7 Å². The van der Waals surface area contributed by atoms with Crippen molar-refractivity contribution in [2.45, 2.75) is 33.4 Å². The molecule has 0 radical (unpaired) electrons. The van der Waals surface area contributed by atoms with Gasteiger partial charge in [-0.25, -0.2) is 0 Å². The van der Waals surface area contributed by atoms with Crippen molar-refractivity contribution in [2.75, 3.05) is 18.9 Å². The predicted octanol–water partition coefficient (Wildman–Crippen LogP) is 4.25. The third-order valence-electron chi connectivity index (χ3n) is 4.15. The van der Waals surface area contributed by atoms with E-state index in [0.29, 0.717) is 28.8 Å². The first-order chi connectivity index (χ1) is 14.3. The highest BCUT2D eigenvalue weighted by atomic mass is 35.5. The SMILES string of the molecule is CN=C(NCCC(=O)Nc1ccc(C)cc1Cl)NCc1cc(C)ccc1OC(F)F. The second kappa shape index (κ2) is 11.3. The van der Waals surface area contributed by atoms with E-state index in [1.54, 1.807) is 31.3 Å². The van der Waals surface area contributed by atoms with Gasteiger partial charge in [-0.2, -0.15) is 8.78 Å². The maximum atomic E-state index is 12.6. The van der Waals surface area contributed by atoms with Gasteiger partial charge in [0.25, 0.3) is 0 Å². The van der Waals surface area contributed by atoms with Gasteiger partial charge in [-0.05, 0) is 37.6 Å². The molecule has 0 aliphatic carbocycles. The van der Waals surface area contributed by atoms with E-state index in [-0.39, 0.29) is 24.6 Å². The molecule has 2 aromatic carbocycles. The molecule has 30 heavy (non-hydrogen) atoms. The molecular formula is C21H25ClF2N4O2. The largest absolute Gasteiger partial charge is 0.434 e. The van der Waals surface area contributed by atoms with Crippen LogP contribution in [0.1, 0.15) is 23.1 Å². The van der Waals surface area contributed by atoms with E-state index in [1.165, 1.54) is 6.07 Å². The number of hydrogen-bond acceptors (Lipinski definition) is 3. The second-order valence-corrected chi connectivity index (χ2v) is 7.03. The molecule has 2 aromatic rings. The lowest BCUT2D eigenvalue weighted by Gasteiger charge is -2.15. The van der Waals surface area contributed by atoms with E-state index in [0.717, 1.165) is 11.1 Å². The Labute approximate surface area is 179 Å². The van der Waals surface area contributed by atoms with Gasteiger partial charge >= 0.3 is 6.61 Å². The maximum Gasteiger partial charge on any atom is 0.387 e. The van der Waals surface area contributed by atoms with Crippen molar-refractivity contribution in [1.82, 2.24) is 10.6 Å². The monoisotopic (exact) mass is 438 g/mol. The Kier molecular flexibility index (Phi) is 8.86. The smallest absolute Gasteiger partial charge is 0.387 e. The molecule has 0 fully saturated rings. The topological polar surface area (TPSA) is 74.8 Å². The minimum atomic E-state index is -2.90. The highest BCUT2D eigenvalue weighted by Gasteiger charge is 2.11. The normalized spacial score (nSPS) is 11.4. The molecular weight excluding hydrogens is 414 g/mol. The summed E-state index contributed by atoms with van der Waals surface area (Å²) in [6.07, 6.45) is 0.190. The molecule has 2 rings (SSSR count). The number of rotatable bonds is 8. The molecule has 0 aliphatic heterocycles. The van der Waals surface area contributed by atoms with Crippen LogP contribution in [0.15, 0.2) is 41.4 Å². The molecule has 0 bridgehead atoms. The molecule has 0 aromatic heterocycles. The van der Waals surface area contributed by atoms with Crippen molar-refractivity contribution < 1.29 is 18.3 Å². The predicted molar refractivity (Wildman–Crippen MR) is 115 cm³/mol. The average Bonchev–Trinajstić information content (AvgIpc) is 2.68. The summed E-state index contributed by atoms with van der Waals surface area (Å²) in [5, 5.41) is 9.28. The van der Waals surface area contributed by atoms with E-state index < -0.39 is 6.61 Å². The van der Waals surface area contributed by atoms with E-state index in [4.69, 9.17) is 11.6 Å². The Hall–Kier alpha value is -2.87. The summed E-state index contributed by atoms with van der Waals surface area (Å²) in [6.45, 7) is 1.43. The Bertz CT molecular complexity index is 907. The van der Waals surface area contributed by atoms with Crippen LogP contribution < -0.4 is 20.7 Å². The van der Waals surface area contributed by atoms with Gasteiger partial charge in [-0.15, -0.1) is 0 Å². The van der Waals surface area contributed by atoms with Crippen LogP contribution in [0.25, 0.3) is 0 Å². The summed E-state index contributed by atoms with van der Waals surface area (Å²) in [7, 11) is 1.58. The zero-order chi connectivity index (χ0) is 22.1. The number of halogens is 3. The van der Waals surface area contributed by atoms with Crippen molar-refractivity contribution in [3.05, 3.63) is 58.1 Å². The number of alkyl halides is 2. The molecule has 162 valence electrons. The summed E-state index contributed by atoms with van der Waals surface area (Å²) in [5.41, 5.74) is 3.05. The van der Waals surface area contributed by atoms with Crippen LogP contribution >= 0.6 is 11.6 Å². The number of guanidine groups is 1. The van der Waals surface area contributed by atoms with Crippen LogP contribution in [0.5, 0.6) is 5.75 Å². The van der Waals surface area contributed by atoms with Crippen molar-refractivity contribution in [2.24, 2.45) is 4.99 Å². The summed E-state index contributed by atoms with van der Waals surface area (Å²) >= 11 is 6.12. The molecule has 9 heteroatoms. The third kappa shape index (κ3) is 7.51. The molecule has 3 N–H and O–H groups in total. The first-order valence-electron chi connectivity index (χ1n) is 9.33. The number of nitrogens with one attached hydrogen (secondary N) is 3. The van der Waals surface area contributed by atoms with E-state index in [9.17, 15) is 13.6 Å². The van der Waals surface area contributed by atoms with Crippen LogP contribution in [0.2, 0.25) is 5.02 Å². The zero-order valence-corrected chi connectivity index (χ0v) is 17.8. The summed E-state index contributed by atoms with van der Waals surface area (Å²) in [6, 6.07) is 10.4. The van der Waals surface area contributed by atoms with Crippen LogP contribution in [0.3, 0.4) is 0 Å². The van der Waals surface area contributed by atoms with Crippen LogP contribution in [0, 0.1) is 13.8 Å². The molecule has 0 aliphatic rings. The number of aliphatic imine (C=N–C) groups is 1. The minimum absolute atomic E-state index is 0.105. The van der Waals surface area contributed by atoms with Gasteiger partial charge in [0.1, 0.15) is 5.75 Å².